The van der Waals surface area contributed by atoms with Crippen molar-refractivity contribution in [2.45, 2.75) is 0 Å². The molecule has 2 aromatic carbocycles. The largest absolute Gasteiger partial charge is 0.320 e. The Bertz CT molecular complexity index is 773. The lowest BCUT2D eigenvalue weighted by molar-refractivity contribution is 0.971. The zero-order chi connectivity index (χ0) is 13.9. The molecule has 3 aromatic rings. The van der Waals surface area contributed by atoms with Crippen LogP contribution in [0.15, 0.2) is 65.1 Å². The van der Waals surface area contributed by atoms with Gasteiger partial charge in [0.25, 0.3) is 0 Å². The van der Waals surface area contributed by atoms with Gasteiger partial charge in [-0.05, 0) is 29.8 Å². The van der Waals surface area contributed by atoms with Crippen molar-refractivity contribution in [3.8, 4) is 16.9 Å². The first-order chi connectivity index (χ1) is 9.79. The summed E-state index contributed by atoms with van der Waals surface area (Å²) in [6.45, 7) is 0. The molecule has 5 heteroatoms. The van der Waals surface area contributed by atoms with Gasteiger partial charge in [-0.25, -0.2) is 0 Å². The molecule has 3 rings (SSSR count). The lowest BCUT2D eigenvalue weighted by Gasteiger charge is -2.08. The SMILES string of the molecule is N/N=c1/scc(-c2ccc(Cl)cc2)n1-c1ccccc1. The minimum Gasteiger partial charge on any atom is -0.320 e. The highest BCUT2D eigenvalue weighted by Gasteiger charge is 2.09. The standard InChI is InChI=1S/C15H12ClN3S/c16-12-8-6-11(7-9-12)14-10-20-15(18-17)19(14)13-4-2-1-3-5-13/h1-10H,17H2/b18-15+. The Morgan fingerprint density at radius 3 is 2.35 bits per heavy atom. The number of hydrogen-bond donors (Lipinski definition) is 1. The van der Waals surface area contributed by atoms with Gasteiger partial charge in [-0.3, -0.25) is 4.57 Å². The predicted molar refractivity (Wildman–Crippen MR) is 83.8 cm³/mol. The second-order valence-electron chi connectivity index (χ2n) is 4.21. The smallest absolute Gasteiger partial charge is 0.212 e. The fourth-order valence-corrected chi connectivity index (χ4v) is 3.00. The number of para-hydroxylation sites is 1. The van der Waals surface area contributed by atoms with Gasteiger partial charge in [-0.2, -0.15) is 5.10 Å². The van der Waals surface area contributed by atoms with Crippen molar-refractivity contribution in [3.63, 3.8) is 0 Å². The van der Waals surface area contributed by atoms with Gasteiger partial charge < -0.3 is 5.84 Å². The van der Waals surface area contributed by atoms with Crippen LogP contribution in [0, 0.1) is 0 Å². The van der Waals surface area contributed by atoms with E-state index in [-0.39, 0.29) is 0 Å². The van der Waals surface area contributed by atoms with E-state index in [1.807, 2.05) is 64.5 Å². The number of nitrogens with two attached hydrogens (primary N) is 1. The molecule has 0 bridgehead atoms. The molecule has 0 aliphatic rings. The van der Waals surface area contributed by atoms with Gasteiger partial charge in [0.05, 0.1) is 5.69 Å². The van der Waals surface area contributed by atoms with Gasteiger partial charge in [-0.1, -0.05) is 41.9 Å². The summed E-state index contributed by atoms with van der Waals surface area (Å²) in [5.74, 6) is 5.50. The normalized spacial score (nSPS) is 11.8. The fraction of sp³-hybridized carbons (Fsp3) is 0. The molecule has 0 aliphatic heterocycles. The lowest BCUT2D eigenvalue weighted by Crippen LogP contribution is -2.15. The van der Waals surface area contributed by atoms with Gasteiger partial charge in [0.15, 0.2) is 0 Å². The molecular formula is C15H12ClN3S. The summed E-state index contributed by atoms with van der Waals surface area (Å²) in [4.78, 5) is 0.751. The Hall–Kier alpha value is -2.04. The van der Waals surface area contributed by atoms with Gasteiger partial charge in [0, 0.05) is 16.1 Å². The van der Waals surface area contributed by atoms with Gasteiger partial charge >= 0.3 is 0 Å². The van der Waals surface area contributed by atoms with Crippen molar-refractivity contribution >= 4 is 22.9 Å². The number of hydrogen-bond acceptors (Lipinski definition) is 3. The Kier molecular flexibility index (Phi) is 3.58. The van der Waals surface area contributed by atoms with Crippen LogP contribution in [0.2, 0.25) is 5.02 Å². The van der Waals surface area contributed by atoms with E-state index in [4.69, 9.17) is 17.4 Å². The average Bonchev–Trinajstić information content (AvgIpc) is 2.93. The predicted octanol–water partition coefficient (Wildman–Crippen LogP) is 3.63. The Balaban J connectivity index is 2.23. The van der Waals surface area contributed by atoms with Crippen molar-refractivity contribution in [1.82, 2.24) is 4.57 Å². The van der Waals surface area contributed by atoms with E-state index in [0.717, 1.165) is 26.8 Å². The van der Waals surface area contributed by atoms with E-state index in [2.05, 4.69) is 5.10 Å². The zero-order valence-electron chi connectivity index (χ0n) is 10.5. The lowest BCUT2D eigenvalue weighted by atomic mass is 10.1. The van der Waals surface area contributed by atoms with Crippen molar-refractivity contribution < 1.29 is 0 Å². The van der Waals surface area contributed by atoms with Crippen LogP contribution >= 0.6 is 22.9 Å². The molecule has 0 amide bonds. The Labute approximate surface area is 125 Å². The van der Waals surface area contributed by atoms with E-state index >= 15 is 0 Å². The van der Waals surface area contributed by atoms with Crippen molar-refractivity contribution in [1.29, 1.82) is 0 Å². The third-order valence-corrected chi connectivity index (χ3v) is 4.06. The summed E-state index contributed by atoms with van der Waals surface area (Å²) >= 11 is 7.45. The van der Waals surface area contributed by atoms with E-state index in [0.29, 0.717) is 0 Å². The first kappa shape index (κ1) is 13.0. The average molecular weight is 302 g/mol. The van der Waals surface area contributed by atoms with Crippen LogP contribution in [0.4, 0.5) is 0 Å². The molecule has 1 aromatic heterocycles. The molecule has 1 heterocycles. The second kappa shape index (κ2) is 5.53. The van der Waals surface area contributed by atoms with Crippen LogP contribution in [-0.2, 0) is 0 Å². The maximum Gasteiger partial charge on any atom is 0.212 e. The minimum absolute atomic E-state index is 0.721. The summed E-state index contributed by atoms with van der Waals surface area (Å²) < 4.78 is 2.04. The number of halogens is 1. The number of thiazole rings is 1. The molecule has 0 spiro atoms. The topological polar surface area (TPSA) is 43.3 Å². The van der Waals surface area contributed by atoms with Crippen molar-refractivity contribution in [2.24, 2.45) is 10.9 Å². The molecule has 2 N–H and O–H groups in total. The number of benzene rings is 2. The first-order valence-electron chi connectivity index (χ1n) is 6.05. The van der Waals surface area contributed by atoms with Gasteiger partial charge in [0.1, 0.15) is 0 Å². The van der Waals surface area contributed by atoms with E-state index in [9.17, 15) is 0 Å². The molecule has 100 valence electrons. The maximum absolute atomic E-state index is 5.95. The highest BCUT2D eigenvalue weighted by Crippen LogP contribution is 2.24. The summed E-state index contributed by atoms with van der Waals surface area (Å²) in [5, 5.41) is 6.63. The van der Waals surface area contributed by atoms with Crippen molar-refractivity contribution in [2.75, 3.05) is 0 Å². The molecule has 20 heavy (non-hydrogen) atoms. The van der Waals surface area contributed by atoms with E-state index < -0.39 is 0 Å². The fourth-order valence-electron chi connectivity index (χ4n) is 2.05. The van der Waals surface area contributed by atoms with Crippen LogP contribution in [-0.4, -0.2) is 4.57 Å². The van der Waals surface area contributed by atoms with Gasteiger partial charge in [0.2, 0.25) is 4.80 Å². The Morgan fingerprint density at radius 2 is 1.70 bits per heavy atom. The number of rotatable bonds is 2. The van der Waals surface area contributed by atoms with Crippen LogP contribution in [0.25, 0.3) is 16.9 Å². The molecule has 0 fully saturated rings. The van der Waals surface area contributed by atoms with Crippen LogP contribution in [0.3, 0.4) is 0 Å². The number of aromatic nitrogens is 1. The summed E-state index contributed by atoms with van der Waals surface area (Å²) in [7, 11) is 0. The monoisotopic (exact) mass is 301 g/mol. The van der Waals surface area contributed by atoms with Crippen LogP contribution in [0.1, 0.15) is 0 Å². The zero-order valence-corrected chi connectivity index (χ0v) is 12.1. The van der Waals surface area contributed by atoms with Crippen LogP contribution in [0.5, 0.6) is 0 Å². The molecule has 0 atom stereocenters. The summed E-state index contributed by atoms with van der Waals surface area (Å²) in [5.41, 5.74) is 3.15. The summed E-state index contributed by atoms with van der Waals surface area (Å²) in [6, 6.07) is 17.8. The Morgan fingerprint density at radius 1 is 1.00 bits per heavy atom. The quantitative estimate of drug-likeness (QED) is 0.570. The highest BCUT2D eigenvalue weighted by atomic mass is 35.5. The molecule has 0 radical (unpaired) electrons. The second-order valence-corrected chi connectivity index (χ2v) is 5.48. The third kappa shape index (κ3) is 2.35. The highest BCUT2D eigenvalue weighted by molar-refractivity contribution is 7.07. The summed E-state index contributed by atoms with van der Waals surface area (Å²) in [6.07, 6.45) is 0. The van der Waals surface area contributed by atoms with Crippen molar-refractivity contribution in [3.05, 3.63) is 69.8 Å². The first-order valence-corrected chi connectivity index (χ1v) is 7.31. The molecule has 0 unspecified atom stereocenters. The van der Waals surface area contributed by atoms with Gasteiger partial charge in [-0.15, -0.1) is 11.3 Å². The minimum atomic E-state index is 0.721. The van der Waals surface area contributed by atoms with Crippen LogP contribution < -0.4 is 10.6 Å². The molecule has 0 aliphatic carbocycles. The molecule has 0 saturated carbocycles. The molecule has 3 nitrogen and oxygen atoms in total. The van der Waals surface area contributed by atoms with E-state index in [1.54, 1.807) is 0 Å². The molecular weight excluding hydrogens is 290 g/mol. The number of nitrogens with zero attached hydrogens (tertiary/aromatic N) is 2. The van der Waals surface area contributed by atoms with E-state index in [1.165, 1.54) is 11.3 Å². The molecule has 0 saturated heterocycles. The third-order valence-electron chi connectivity index (χ3n) is 2.97. The maximum atomic E-state index is 5.95.